The van der Waals surface area contributed by atoms with E-state index in [1.165, 1.54) is 23.5 Å². The monoisotopic (exact) mass is 398 g/mol. The molecule has 8 nitrogen and oxygen atoms in total. The summed E-state index contributed by atoms with van der Waals surface area (Å²) in [7, 11) is 0. The number of pyridine rings is 1. The molecule has 4 rings (SSSR count). The zero-order valence-corrected chi connectivity index (χ0v) is 15.3. The maximum Gasteiger partial charge on any atom is 0.404 e. The van der Waals surface area contributed by atoms with Crippen LogP contribution in [-0.2, 0) is 6.54 Å². The number of rotatable bonds is 6. The fraction of sp³-hybridized carbons (Fsp3) is 0.111. The first kappa shape index (κ1) is 17.9. The number of halogens is 1. The van der Waals surface area contributed by atoms with E-state index in [1.807, 2.05) is 10.6 Å². The van der Waals surface area contributed by atoms with E-state index in [0.717, 1.165) is 16.0 Å². The number of aromatic nitrogens is 4. The van der Waals surface area contributed by atoms with Gasteiger partial charge in [0, 0.05) is 25.4 Å². The van der Waals surface area contributed by atoms with Gasteiger partial charge in [0.1, 0.15) is 17.2 Å². The number of nitrogens with zero attached hydrogens (tertiary/aromatic N) is 4. The van der Waals surface area contributed by atoms with Gasteiger partial charge in [-0.2, -0.15) is 0 Å². The molecule has 0 saturated heterocycles. The van der Waals surface area contributed by atoms with E-state index in [-0.39, 0.29) is 12.4 Å². The van der Waals surface area contributed by atoms with Crippen molar-refractivity contribution in [1.82, 2.24) is 24.8 Å². The highest BCUT2D eigenvalue weighted by atomic mass is 32.1. The second-order valence-electron chi connectivity index (χ2n) is 5.89. The lowest BCUT2D eigenvalue weighted by molar-refractivity contribution is 0.194. The Bertz CT molecular complexity index is 1120. The summed E-state index contributed by atoms with van der Waals surface area (Å²) in [6.07, 6.45) is 3.96. The average molecular weight is 398 g/mol. The largest absolute Gasteiger partial charge is 0.465 e. The molecule has 0 aliphatic rings. The molecule has 0 spiro atoms. The van der Waals surface area contributed by atoms with Gasteiger partial charge >= 0.3 is 6.09 Å². The maximum atomic E-state index is 13.1. The molecular formula is C18H15FN6O2S. The molecule has 0 saturated carbocycles. The summed E-state index contributed by atoms with van der Waals surface area (Å²) in [6, 6.07) is 8.08. The Morgan fingerprint density at radius 1 is 1.18 bits per heavy atom. The summed E-state index contributed by atoms with van der Waals surface area (Å²) >= 11 is 1.43. The van der Waals surface area contributed by atoms with Crippen molar-refractivity contribution in [3.05, 3.63) is 54.9 Å². The number of anilines is 2. The molecule has 0 radical (unpaired) electrons. The molecule has 3 heterocycles. The van der Waals surface area contributed by atoms with Crippen LogP contribution >= 0.6 is 11.3 Å². The number of amides is 1. The van der Waals surface area contributed by atoms with E-state index < -0.39 is 6.09 Å². The molecular weight excluding hydrogens is 383 g/mol. The second kappa shape index (κ2) is 7.61. The Morgan fingerprint density at radius 2 is 2.00 bits per heavy atom. The molecule has 0 fully saturated rings. The lowest BCUT2D eigenvalue weighted by atomic mass is 10.2. The highest BCUT2D eigenvalue weighted by molar-refractivity contribution is 7.18. The average Bonchev–Trinajstić information content (AvgIpc) is 3.29. The number of carboxylic acid groups (broad SMARTS) is 1. The molecule has 4 aromatic rings. The summed E-state index contributed by atoms with van der Waals surface area (Å²) in [6.45, 7) is 0.734. The van der Waals surface area contributed by atoms with Gasteiger partial charge in [-0.15, -0.1) is 0 Å². The lowest BCUT2D eigenvalue weighted by Crippen LogP contribution is -2.24. The summed E-state index contributed by atoms with van der Waals surface area (Å²) in [5.41, 5.74) is 2.44. The number of benzene rings is 1. The van der Waals surface area contributed by atoms with Crippen LogP contribution in [0.25, 0.3) is 21.5 Å². The minimum atomic E-state index is -1.06. The Balaban J connectivity index is 1.51. The molecule has 28 heavy (non-hydrogen) atoms. The third-order valence-electron chi connectivity index (χ3n) is 4.01. The fourth-order valence-corrected chi connectivity index (χ4v) is 3.51. The number of fused-ring (bicyclic) bond motifs is 1. The SMILES string of the molecule is O=C(O)NCCn1cnc2cnc(Nc3ncc(-c4ccc(F)cc4)s3)cc21. The van der Waals surface area contributed by atoms with Gasteiger partial charge in [0.25, 0.3) is 0 Å². The van der Waals surface area contributed by atoms with Crippen molar-refractivity contribution in [1.29, 1.82) is 0 Å². The van der Waals surface area contributed by atoms with Crippen LogP contribution in [0.1, 0.15) is 0 Å². The topological polar surface area (TPSA) is 105 Å². The summed E-state index contributed by atoms with van der Waals surface area (Å²) < 4.78 is 14.9. The molecule has 0 bridgehead atoms. The number of hydrogen-bond donors (Lipinski definition) is 3. The van der Waals surface area contributed by atoms with Crippen LogP contribution in [0.5, 0.6) is 0 Å². The number of thiazole rings is 1. The van der Waals surface area contributed by atoms with E-state index in [0.29, 0.717) is 23.0 Å². The van der Waals surface area contributed by atoms with Crippen LogP contribution in [0, 0.1) is 5.82 Å². The zero-order valence-electron chi connectivity index (χ0n) is 14.5. The van der Waals surface area contributed by atoms with Crippen molar-refractivity contribution in [3.8, 4) is 10.4 Å². The first-order valence-electron chi connectivity index (χ1n) is 8.35. The lowest BCUT2D eigenvalue weighted by Gasteiger charge is -2.06. The Morgan fingerprint density at radius 3 is 2.79 bits per heavy atom. The zero-order chi connectivity index (χ0) is 19.5. The third-order valence-corrected chi connectivity index (χ3v) is 4.97. The highest BCUT2D eigenvalue weighted by Gasteiger charge is 2.09. The van der Waals surface area contributed by atoms with Gasteiger partial charge in [-0.1, -0.05) is 23.5 Å². The summed E-state index contributed by atoms with van der Waals surface area (Å²) in [4.78, 5) is 24.5. The number of imidazole rings is 1. The molecule has 142 valence electrons. The standard InChI is InChI=1S/C18H15FN6O2S/c19-12-3-1-11(2-4-12)15-9-22-17(28-15)24-16-7-14-13(8-21-16)23-10-25(14)6-5-20-18(26)27/h1-4,7-10,20H,5-6H2,(H,26,27)(H,21,22,24). The minimum absolute atomic E-state index is 0.277. The highest BCUT2D eigenvalue weighted by Crippen LogP contribution is 2.30. The van der Waals surface area contributed by atoms with Crippen LogP contribution in [-0.4, -0.2) is 37.3 Å². The number of carbonyl (C=O) groups is 1. The van der Waals surface area contributed by atoms with Gasteiger partial charge in [0.15, 0.2) is 5.13 Å². The smallest absolute Gasteiger partial charge is 0.404 e. The van der Waals surface area contributed by atoms with Gasteiger partial charge < -0.3 is 20.3 Å². The van der Waals surface area contributed by atoms with Gasteiger partial charge in [0.2, 0.25) is 0 Å². The predicted octanol–water partition coefficient (Wildman–Crippen LogP) is 3.71. The molecule has 3 aromatic heterocycles. The number of nitrogens with one attached hydrogen (secondary N) is 2. The summed E-state index contributed by atoms with van der Waals surface area (Å²) in [5, 5.41) is 14.8. The Hall–Kier alpha value is -3.53. The van der Waals surface area contributed by atoms with E-state index >= 15 is 0 Å². The van der Waals surface area contributed by atoms with Crippen LogP contribution in [0.4, 0.5) is 20.1 Å². The van der Waals surface area contributed by atoms with Crippen molar-refractivity contribution in [3.63, 3.8) is 0 Å². The normalized spacial score (nSPS) is 10.9. The van der Waals surface area contributed by atoms with Crippen LogP contribution in [0.3, 0.4) is 0 Å². The first-order valence-corrected chi connectivity index (χ1v) is 9.16. The molecule has 1 amide bonds. The van der Waals surface area contributed by atoms with Gasteiger partial charge in [-0.05, 0) is 17.7 Å². The molecule has 3 N–H and O–H groups in total. The van der Waals surface area contributed by atoms with Crippen LogP contribution in [0.15, 0.2) is 49.1 Å². The molecule has 0 aliphatic carbocycles. The van der Waals surface area contributed by atoms with Gasteiger partial charge in [-0.3, -0.25) is 0 Å². The van der Waals surface area contributed by atoms with E-state index in [4.69, 9.17) is 5.11 Å². The predicted molar refractivity (Wildman–Crippen MR) is 104 cm³/mol. The van der Waals surface area contributed by atoms with Crippen molar-refractivity contribution < 1.29 is 14.3 Å². The van der Waals surface area contributed by atoms with E-state index in [9.17, 15) is 9.18 Å². The fourth-order valence-electron chi connectivity index (χ4n) is 2.68. The van der Waals surface area contributed by atoms with Crippen molar-refractivity contribution in [2.75, 3.05) is 11.9 Å². The molecule has 0 aliphatic heterocycles. The number of hydrogen-bond acceptors (Lipinski definition) is 6. The van der Waals surface area contributed by atoms with E-state index in [1.54, 1.807) is 30.9 Å². The first-order chi connectivity index (χ1) is 13.6. The molecule has 1 aromatic carbocycles. The van der Waals surface area contributed by atoms with E-state index in [2.05, 4.69) is 25.6 Å². The second-order valence-corrected chi connectivity index (χ2v) is 6.92. The Kier molecular flexibility index (Phi) is 4.85. The van der Waals surface area contributed by atoms with Gasteiger partial charge in [-0.25, -0.2) is 24.1 Å². The maximum absolute atomic E-state index is 13.1. The Labute approximate surface area is 162 Å². The molecule has 0 unspecified atom stereocenters. The quantitative estimate of drug-likeness (QED) is 0.457. The van der Waals surface area contributed by atoms with Crippen LogP contribution in [0.2, 0.25) is 0 Å². The van der Waals surface area contributed by atoms with Crippen LogP contribution < -0.4 is 10.6 Å². The van der Waals surface area contributed by atoms with Crippen molar-refractivity contribution in [2.45, 2.75) is 6.54 Å². The van der Waals surface area contributed by atoms with Crippen molar-refractivity contribution >= 4 is 39.4 Å². The van der Waals surface area contributed by atoms with Crippen molar-refractivity contribution in [2.24, 2.45) is 0 Å². The van der Waals surface area contributed by atoms with Gasteiger partial charge in [0.05, 0.1) is 22.9 Å². The minimum Gasteiger partial charge on any atom is -0.465 e. The summed E-state index contributed by atoms with van der Waals surface area (Å²) in [5.74, 6) is 0.319. The molecule has 0 atom stereocenters. The molecule has 10 heteroatoms. The third kappa shape index (κ3) is 3.91.